The van der Waals surface area contributed by atoms with Gasteiger partial charge in [-0.3, -0.25) is 0 Å². The molecule has 1 saturated carbocycles. The highest BCUT2D eigenvalue weighted by molar-refractivity contribution is 6.30. The Kier molecular flexibility index (Phi) is 3.82. The van der Waals surface area contributed by atoms with E-state index in [1.165, 1.54) is 25.3 Å². The van der Waals surface area contributed by atoms with E-state index in [0.29, 0.717) is 16.5 Å². The second kappa shape index (κ2) is 5.15. The van der Waals surface area contributed by atoms with Gasteiger partial charge in [0.15, 0.2) is 0 Å². The van der Waals surface area contributed by atoms with Crippen molar-refractivity contribution >= 4 is 11.6 Å². The van der Waals surface area contributed by atoms with Gasteiger partial charge in [-0.25, -0.2) is 4.39 Å². The molecule has 2 N–H and O–H groups in total. The monoisotopic (exact) mass is 241 g/mol. The lowest BCUT2D eigenvalue weighted by molar-refractivity contribution is 0.303. The van der Waals surface area contributed by atoms with Crippen molar-refractivity contribution in [2.75, 3.05) is 0 Å². The zero-order valence-electron chi connectivity index (χ0n) is 9.26. The summed E-state index contributed by atoms with van der Waals surface area (Å²) in [6, 6.07) is 4.59. The van der Waals surface area contributed by atoms with Crippen LogP contribution >= 0.6 is 11.6 Å². The molecule has 0 aliphatic heterocycles. The van der Waals surface area contributed by atoms with Crippen LogP contribution in [0.25, 0.3) is 0 Å². The van der Waals surface area contributed by atoms with Gasteiger partial charge in [0.25, 0.3) is 0 Å². The van der Waals surface area contributed by atoms with Crippen molar-refractivity contribution in [3.8, 4) is 0 Å². The Morgan fingerprint density at radius 2 is 1.94 bits per heavy atom. The van der Waals surface area contributed by atoms with Crippen LogP contribution in [-0.2, 0) is 0 Å². The van der Waals surface area contributed by atoms with Crippen LogP contribution in [0.15, 0.2) is 18.2 Å². The van der Waals surface area contributed by atoms with Crippen LogP contribution in [0.4, 0.5) is 4.39 Å². The maximum absolute atomic E-state index is 13.7. The lowest BCUT2D eigenvalue weighted by Crippen LogP contribution is -2.24. The molecule has 1 aliphatic rings. The molecule has 0 spiro atoms. The van der Waals surface area contributed by atoms with Crippen molar-refractivity contribution < 1.29 is 4.39 Å². The van der Waals surface area contributed by atoms with Crippen LogP contribution in [0, 0.1) is 11.7 Å². The van der Waals surface area contributed by atoms with E-state index in [2.05, 4.69) is 0 Å². The fourth-order valence-electron chi connectivity index (χ4n) is 2.52. The van der Waals surface area contributed by atoms with Crippen molar-refractivity contribution in [1.29, 1.82) is 0 Å². The minimum Gasteiger partial charge on any atom is -0.324 e. The third-order valence-corrected chi connectivity index (χ3v) is 3.71. The molecule has 1 aliphatic carbocycles. The molecule has 1 fully saturated rings. The summed E-state index contributed by atoms with van der Waals surface area (Å²) < 4.78 is 13.7. The predicted molar refractivity (Wildman–Crippen MR) is 64.9 cm³/mol. The van der Waals surface area contributed by atoms with Gasteiger partial charge >= 0.3 is 0 Å². The van der Waals surface area contributed by atoms with E-state index in [4.69, 9.17) is 17.3 Å². The first-order chi connectivity index (χ1) is 7.68. The number of benzene rings is 1. The second-order valence-electron chi connectivity index (χ2n) is 4.59. The van der Waals surface area contributed by atoms with Crippen LogP contribution in [0.5, 0.6) is 0 Å². The van der Waals surface area contributed by atoms with Gasteiger partial charge in [0.1, 0.15) is 5.82 Å². The molecule has 1 aromatic rings. The van der Waals surface area contributed by atoms with Crippen LogP contribution in [0.1, 0.15) is 43.7 Å². The zero-order chi connectivity index (χ0) is 11.5. The van der Waals surface area contributed by atoms with Gasteiger partial charge in [0.2, 0.25) is 0 Å². The van der Waals surface area contributed by atoms with Crippen LogP contribution in [0.2, 0.25) is 5.02 Å². The first kappa shape index (κ1) is 11.9. The minimum atomic E-state index is -0.273. The summed E-state index contributed by atoms with van der Waals surface area (Å²) in [7, 11) is 0. The molecule has 0 aromatic heterocycles. The maximum atomic E-state index is 13.7. The zero-order valence-corrected chi connectivity index (χ0v) is 10.0. The molecule has 88 valence electrons. The molecule has 3 heteroatoms. The molecule has 1 aromatic carbocycles. The Morgan fingerprint density at radius 3 is 2.56 bits per heavy atom. The van der Waals surface area contributed by atoms with Crippen LogP contribution in [0.3, 0.4) is 0 Å². The standard InChI is InChI=1S/C13H17ClFN/c14-10-6-7-11(12(15)8-10)13(16)9-4-2-1-3-5-9/h6-9,13H,1-5,16H2/t13-/m0/s1. The normalized spacial score (nSPS) is 19.7. The SMILES string of the molecule is N[C@H](c1ccc(Cl)cc1F)C1CCCCC1. The molecule has 1 nitrogen and oxygen atoms in total. The molecule has 0 amide bonds. The largest absolute Gasteiger partial charge is 0.324 e. The van der Waals surface area contributed by atoms with E-state index >= 15 is 0 Å². The summed E-state index contributed by atoms with van der Waals surface area (Å²) in [4.78, 5) is 0. The lowest BCUT2D eigenvalue weighted by atomic mass is 9.81. The average Bonchev–Trinajstić information content (AvgIpc) is 2.29. The number of rotatable bonds is 2. The fourth-order valence-corrected chi connectivity index (χ4v) is 2.68. The number of hydrogen-bond acceptors (Lipinski definition) is 1. The van der Waals surface area contributed by atoms with Crippen LogP contribution < -0.4 is 5.73 Å². The smallest absolute Gasteiger partial charge is 0.129 e. The Labute approximate surface area is 101 Å². The third-order valence-electron chi connectivity index (χ3n) is 3.48. The Balaban J connectivity index is 2.15. The Bertz CT molecular complexity index is 361. The molecule has 0 saturated heterocycles. The second-order valence-corrected chi connectivity index (χ2v) is 5.03. The fraction of sp³-hybridized carbons (Fsp3) is 0.538. The molecular weight excluding hydrogens is 225 g/mol. The summed E-state index contributed by atoms with van der Waals surface area (Å²) in [5, 5.41) is 0.428. The van der Waals surface area contributed by atoms with Gasteiger partial charge in [-0.15, -0.1) is 0 Å². The quantitative estimate of drug-likeness (QED) is 0.830. The van der Waals surface area contributed by atoms with E-state index < -0.39 is 0 Å². The van der Waals surface area contributed by atoms with Gasteiger partial charge in [-0.05, 0) is 30.9 Å². The highest BCUT2D eigenvalue weighted by atomic mass is 35.5. The number of hydrogen-bond donors (Lipinski definition) is 1. The number of halogens is 2. The van der Waals surface area contributed by atoms with E-state index in [9.17, 15) is 4.39 Å². The maximum Gasteiger partial charge on any atom is 0.129 e. The summed E-state index contributed by atoms with van der Waals surface area (Å²) in [5.41, 5.74) is 6.75. The summed E-state index contributed by atoms with van der Waals surface area (Å²) in [6.07, 6.45) is 5.94. The topological polar surface area (TPSA) is 26.0 Å². The van der Waals surface area contributed by atoms with Gasteiger partial charge in [0.05, 0.1) is 0 Å². The number of nitrogens with two attached hydrogens (primary N) is 1. The average molecular weight is 242 g/mol. The first-order valence-corrected chi connectivity index (χ1v) is 6.27. The van der Waals surface area contributed by atoms with E-state index in [0.717, 1.165) is 12.8 Å². The van der Waals surface area contributed by atoms with Crippen molar-refractivity contribution in [3.05, 3.63) is 34.6 Å². The van der Waals surface area contributed by atoms with E-state index in [1.807, 2.05) is 0 Å². The Hall–Kier alpha value is -0.600. The first-order valence-electron chi connectivity index (χ1n) is 5.89. The highest BCUT2D eigenvalue weighted by Crippen LogP contribution is 2.34. The summed E-state index contributed by atoms with van der Waals surface area (Å²) in [6.45, 7) is 0. The summed E-state index contributed by atoms with van der Waals surface area (Å²) >= 11 is 5.73. The molecule has 0 unspecified atom stereocenters. The lowest BCUT2D eigenvalue weighted by Gasteiger charge is -2.28. The molecule has 2 rings (SSSR count). The van der Waals surface area contributed by atoms with Crippen LogP contribution in [-0.4, -0.2) is 0 Å². The van der Waals surface area contributed by atoms with E-state index in [1.54, 1.807) is 12.1 Å². The highest BCUT2D eigenvalue weighted by Gasteiger charge is 2.23. The van der Waals surface area contributed by atoms with Gasteiger partial charge < -0.3 is 5.73 Å². The Morgan fingerprint density at radius 1 is 1.25 bits per heavy atom. The molecule has 16 heavy (non-hydrogen) atoms. The molecule has 0 radical (unpaired) electrons. The van der Waals surface area contributed by atoms with Gasteiger partial charge in [-0.1, -0.05) is 36.9 Å². The molecule has 0 bridgehead atoms. The van der Waals surface area contributed by atoms with Crippen molar-refractivity contribution in [2.45, 2.75) is 38.1 Å². The van der Waals surface area contributed by atoms with Crippen molar-refractivity contribution in [2.24, 2.45) is 11.7 Å². The van der Waals surface area contributed by atoms with Crippen molar-refractivity contribution in [1.82, 2.24) is 0 Å². The van der Waals surface area contributed by atoms with Crippen molar-refractivity contribution in [3.63, 3.8) is 0 Å². The predicted octanol–water partition coefficient (Wildman–Crippen LogP) is 4.06. The van der Waals surface area contributed by atoms with Gasteiger partial charge in [-0.2, -0.15) is 0 Å². The minimum absolute atomic E-state index is 0.183. The summed E-state index contributed by atoms with van der Waals surface area (Å²) in [5.74, 6) is 0.148. The molecule has 1 atom stereocenters. The van der Waals surface area contributed by atoms with E-state index in [-0.39, 0.29) is 11.9 Å². The third kappa shape index (κ3) is 2.55. The van der Waals surface area contributed by atoms with Gasteiger partial charge in [0, 0.05) is 16.6 Å². The molecular formula is C13H17ClFN. The molecule has 0 heterocycles.